The second kappa shape index (κ2) is 8.35. The van der Waals surface area contributed by atoms with Gasteiger partial charge in [-0.3, -0.25) is 9.79 Å². The summed E-state index contributed by atoms with van der Waals surface area (Å²) >= 11 is 6.05. The summed E-state index contributed by atoms with van der Waals surface area (Å²) in [5, 5.41) is 7.59. The lowest BCUT2D eigenvalue weighted by atomic mass is 10.0. The van der Waals surface area contributed by atoms with Gasteiger partial charge in [0.1, 0.15) is 5.71 Å². The standard InChI is InChI=1S/C19H17ClF3N3O/c1-26(2)18(27)13-9-7-12(8-10-13)16(11-17(24)19(21,22)23)25-15-6-4-3-5-14(15)20/h3-10,24H,11H2,1-2H3. The fourth-order valence-corrected chi connectivity index (χ4v) is 2.40. The summed E-state index contributed by atoms with van der Waals surface area (Å²) in [7, 11) is 3.20. The number of aliphatic imine (C=N–C) groups is 1. The van der Waals surface area contributed by atoms with E-state index in [1.807, 2.05) is 0 Å². The number of nitrogens with one attached hydrogen (secondary N) is 1. The van der Waals surface area contributed by atoms with Gasteiger partial charge >= 0.3 is 6.18 Å². The van der Waals surface area contributed by atoms with Crippen molar-refractivity contribution >= 4 is 34.6 Å². The predicted octanol–water partition coefficient (Wildman–Crippen LogP) is 5.13. The van der Waals surface area contributed by atoms with E-state index in [2.05, 4.69) is 4.99 Å². The van der Waals surface area contributed by atoms with Crippen LogP contribution in [-0.2, 0) is 0 Å². The first-order chi connectivity index (χ1) is 12.6. The highest BCUT2D eigenvalue weighted by Crippen LogP contribution is 2.27. The van der Waals surface area contributed by atoms with Crippen LogP contribution >= 0.6 is 11.6 Å². The first kappa shape index (κ1) is 20.6. The molecular weight excluding hydrogens is 379 g/mol. The number of hydrogen-bond acceptors (Lipinski definition) is 3. The number of carbonyl (C=O) groups excluding carboxylic acids is 1. The van der Waals surface area contributed by atoms with Crippen molar-refractivity contribution in [2.24, 2.45) is 4.99 Å². The van der Waals surface area contributed by atoms with Crippen LogP contribution in [0.4, 0.5) is 18.9 Å². The zero-order chi connectivity index (χ0) is 20.2. The van der Waals surface area contributed by atoms with E-state index in [1.165, 1.54) is 29.2 Å². The molecule has 2 rings (SSSR count). The van der Waals surface area contributed by atoms with Gasteiger partial charge in [0.2, 0.25) is 0 Å². The molecule has 0 aromatic heterocycles. The number of halogens is 4. The van der Waals surface area contributed by atoms with Gasteiger partial charge in [0, 0.05) is 26.1 Å². The van der Waals surface area contributed by atoms with Gasteiger partial charge in [-0.25, -0.2) is 0 Å². The van der Waals surface area contributed by atoms with E-state index in [9.17, 15) is 18.0 Å². The summed E-state index contributed by atoms with van der Waals surface area (Å²) in [6.07, 6.45) is -5.46. The molecule has 4 nitrogen and oxygen atoms in total. The molecule has 2 aromatic rings. The Morgan fingerprint density at radius 2 is 1.63 bits per heavy atom. The maximum atomic E-state index is 12.8. The maximum Gasteiger partial charge on any atom is 0.429 e. The van der Waals surface area contributed by atoms with Crippen molar-refractivity contribution < 1.29 is 18.0 Å². The number of nitrogens with zero attached hydrogens (tertiary/aromatic N) is 2. The van der Waals surface area contributed by atoms with Crippen molar-refractivity contribution in [2.45, 2.75) is 12.6 Å². The minimum absolute atomic E-state index is 0.0364. The van der Waals surface area contributed by atoms with Crippen LogP contribution in [0, 0.1) is 5.41 Å². The second-order valence-corrected chi connectivity index (χ2v) is 6.35. The number of carbonyl (C=O) groups is 1. The van der Waals surface area contributed by atoms with Crippen molar-refractivity contribution in [2.75, 3.05) is 14.1 Å². The van der Waals surface area contributed by atoms with Gasteiger partial charge in [0.15, 0.2) is 0 Å². The highest BCUT2D eigenvalue weighted by Gasteiger charge is 2.35. The first-order valence-corrected chi connectivity index (χ1v) is 8.26. The molecular formula is C19H17ClF3N3O. The quantitative estimate of drug-likeness (QED) is 0.700. The predicted molar refractivity (Wildman–Crippen MR) is 101 cm³/mol. The monoisotopic (exact) mass is 395 g/mol. The van der Waals surface area contributed by atoms with E-state index in [0.29, 0.717) is 16.8 Å². The van der Waals surface area contributed by atoms with Gasteiger partial charge < -0.3 is 10.3 Å². The lowest BCUT2D eigenvalue weighted by Crippen LogP contribution is -2.25. The van der Waals surface area contributed by atoms with Crippen LogP contribution in [0.25, 0.3) is 0 Å². The lowest BCUT2D eigenvalue weighted by molar-refractivity contribution is -0.0605. The molecule has 8 heteroatoms. The Labute approximate surface area is 159 Å². The molecule has 0 bridgehead atoms. The molecule has 0 unspecified atom stereocenters. The van der Waals surface area contributed by atoms with Crippen molar-refractivity contribution in [1.82, 2.24) is 4.90 Å². The van der Waals surface area contributed by atoms with E-state index in [4.69, 9.17) is 17.0 Å². The normalized spacial score (nSPS) is 12.0. The number of hydrogen-bond donors (Lipinski definition) is 1. The number of benzene rings is 2. The summed E-state index contributed by atoms with van der Waals surface area (Å²) < 4.78 is 38.5. The van der Waals surface area contributed by atoms with Gasteiger partial charge in [-0.05, 0) is 29.8 Å². The van der Waals surface area contributed by atoms with E-state index in [0.717, 1.165) is 0 Å². The van der Waals surface area contributed by atoms with Crippen LogP contribution in [0.1, 0.15) is 22.3 Å². The highest BCUT2D eigenvalue weighted by atomic mass is 35.5. The Hall–Kier alpha value is -2.67. The van der Waals surface area contributed by atoms with Crippen LogP contribution in [0.15, 0.2) is 53.5 Å². The molecule has 27 heavy (non-hydrogen) atoms. The number of rotatable bonds is 5. The van der Waals surface area contributed by atoms with Crippen molar-refractivity contribution in [3.05, 3.63) is 64.7 Å². The first-order valence-electron chi connectivity index (χ1n) is 7.88. The summed E-state index contributed by atoms with van der Waals surface area (Å²) in [5.41, 5.74) is -0.306. The topological polar surface area (TPSA) is 56.5 Å². The molecule has 0 heterocycles. The Bertz CT molecular complexity index is 875. The van der Waals surface area contributed by atoms with Gasteiger partial charge in [-0.2, -0.15) is 13.2 Å². The minimum Gasteiger partial charge on any atom is -0.345 e. The van der Waals surface area contributed by atoms with Crippen molar-refractivity contribution in [1.29, 1.82) is 5.41 Å². The third-order valence-corrected chi connectivity index (χ3v) is 3.99. The molecule has 0 fully saturated rings. The molecule has 142 valence electrons. The van der Waals surface area contributed by atoms with Crippen LogP contribution < -0.4 is 0 Å². The number of alkyl halides is 3. The fourth-order valence-electron chi connectivity index (χ4n) is 2.22. The Kier molecular flexibility index (Phi) is 6.38. The molecule has 1 amide bonds. The van der Waals surface area contributed by atoms with Crippen molar-refractivity contribution in [3.63, 3.8) is 0 Å². The van der Waals surface area contributed by atoms with Gasteiger partial charge in [0.25, 0.3) is 5.91 Å². The molecule has 0 aliphatic rings. The van der Waals surface area contributed by atoms with Crippen molar-refractivity contribution in [3.8, 4) is 0 Å². The molecule has 0 aliphatic carbocycles. The summed E-state index contributed by atoms with van der Waals surface area (Å²) in [6, 6.07) is 12.5. The van der Waals surface area contributed by atoms with Crippen LogP contribution in [-0.4, -0.2) is 42.5 Å². The van der Waals surface area contributed by atoms with E-state index in [-0.39, 0.29) is 16.6 Å². The second-order valence-electron chi connectivity index (χ2n) is 5.94. The average molecular weight is 396 g/mol. The SMILES string of the molecule is CN(C)C(=O)c1ccc(C(CC(=N)C(F)(F)F)=Nc2ccccc2Cl)cc1. The minimum atomic E-state index is -4.75. The van der Waals surface area contributed by atoms with Crippen LogP contribution in [0.5, 0.6) is 0 Å². The zero-order valence-corrected chi connectivity index (χ0v) is 15.4. The lowest BCUT2D eigenvalue weighted by Gasteiger charge is -2.13. The van der Waals surface area contributed by atoms with E-state index < -0.39 is 18.3 Å². The van der Waals surface area contributed by atoms with E-state index >= 15 is 0 Å². The third-order valence-electron chi connectivity index (χ3n) is 3.67. The molecule has 0 saturated heterocycles. The largest absolute Gasteiger partial charge is 0.429 e. The molecule has 0 saturated carbocycles. The Morgan fingerprint density at radius 1 is 1.07 bits per heavy atom. The van der Waals surface area contributed by atoms with Gasteiger partial charge in [-0.1, -0.05) is 35.9 Å². The molecule has 0 spiro atoms. The zero-order valence-electron chi connectivity index (χ0n) is 14.6. The molecule has 0 radical (unpaired) electrons. The summed E-state index contributed by atoms with van der Waals surface area (Å²) in [6.45, 7) is 0. The highest BCUT2D eigenvalue weighted by molar-refractivity contribution is 6.33. The number of amides is 1. The maximum absolute atomic E-state index is 12.8. The smallest absolute Gasteiger partial charge is 0.345 e. The average Bonchev–Trinajstić information content (AvgIpc) is 2.61. The summed E-state index contributed by atoms with van der Waals surface area (Å²) in [5.74, 6) is -0.228. The van der Waals surface area contributed by atoms with Crippen LogP contribution in [0.3, 0.4) is 0 Å². The molecule has 2 aromatic carbocycles. The summed E-state index contributed by atoms with van der Waals surface area (Å²) in [4.78, 5) is 17.6. The van der Waals surface area contributed by atoms with Gasteiger partial charge in [0.05, 0.1) is 16.4 Å². The van der Waals surface area contributed by atoms with Gasteiger partial charge in [-0.15, -0.1) is 0 Å². The molecule has 1 N–H and O–H groups in total. The molecule has 0 atom stereocenters. The third kappa shape index (κ3) is 5.40. The fraction of sp³-hybridized carbons (Fsp3) is 0.211. The van der Waals surface area contributed by atoms with Crippen LogP contribution in [0.2, 0.25) is 5.02 Å². The number of para-hydroxylation sites is 1. The molecule has 0 aliphatic heterocycles. The Balaban J connectivity index is 2.45. The van der Waals surface area contributed by atoms with E-state index in [1.54, 1.807) is 38.4 Å². The Morgan fingerprint density at radius 3 is 2.15 bits per heavy atom.